The smallest absolute Gasteiger partial charge is 0.127 e. The molecule has 4 heteroatoms. The number of hydrogen-bond donors (Lipinski definition) is 1. The third-order valence-electron chi connectivity index (χ3n) is 5.27. The van der Waals surface area contributed by atoms with Crippen LogP contribution in [0.15, 0.2) is 46.9 Å². The van der Waals surface area contributed by atoms with Crippen LogP contribution >= 0.6 is 15.9 Å². The van der Waals surface area contributed by atoms with Gasteiger partial charge in [-0.2, -0.15) is 0 Å². The number of nitrogens with zero attached hydrogens (tertiary/aromatic N) is 1. The largest absolute Gasteiger partial charge is 0.493 e. The molecule has 0 radical (unpaired) electrons. The molecule has 0 amide bonds. The Morgan fingerprint density at radius 2 is 2.00 bits per heavy atom. The van der Waals surface area contributed by atoms with Crippen LogP contribution in [0.4, 0.5) is 0 Å². The number of benzene rings is 2. The summed E-state index contributed by atoms with van der Waals surface area (Å²) in [7, 11) is 0. The highest BCUT2D eigenvalue weighted by atomic mass is 79.9. The molecule has 0 unspecified atom stereocenters. The van der Waals surface area contributed by atoms with Crippen molar-refractivity contribution in [2.75, 3.05) is 26.2 Å². The Bertz CT molecular complexity index is 719. The van der Waals surface area contributed by atoms with E-state index in [4.69, 9.17) is 10.5 Å². The Morgan fingerprint density at radius 3 is 2.79 bits per heavy atom. The van der Waals surface area contributed by atoms with Gasteiger partial charge < -0.3 is 10.5 Å². The van der Waals surface area contributed by atoms with E-state index in [-0.39, 0.29) is 0 Å². The van der Waals surface area contributed by atoms with Gasteiger partial charge in [-0.05, 0) is 35.7 Å². The number of halogens is 1. The molecule has 0 bridgehead atoms. The lowest BCUT2D eigenvalue weighted by atomic mass is 9.89. The lowest BCUT2D eigenvalue weighted by Crippen LogP contribution is -2.23. The van der Waals surface area contributed by atoms with Gasteiger partial charge in [0.05, 0.1) is 6.61 Å². The molecule has 1 fully saturated rings. The van der Waals surface area contributed by atoms with Gasteiger partial charge in [-0.3, -0.25) is 4.90 Å². The molecule has 4 rings (SSSR count). The Hall–Kier alpha value is -1.36. The van der Waals surface area contributed by atoms with Gasteiger partial charge in [0.2, 0.25) is 0 Å². The van der Waals surface area contributed by atoms with Crippen molar-refractivity contribution in [1.82, 2.24) is 4.90 Å². The summed E-state index contributed by atoms with van der Waals surface area (Å²) in [5.41, 5.74) is 10.1. The molecule has 126 valence electrons. The standard InChI is InChI=1S/C20H23BrN2O/c21-18-8-15-6-7-24-20(15)16(9-18)11-23-12-17(10-22)19(13-23)14-4-2-1-3-5-14/h1-5,8-9,17,19H,6-7,10-13,22H2/t17-,19+/m1/s1. The SMILES string of the molecule is NC[C@@H]1CN(Cc2cc(Br)cc3c2OCC3)C[C@H]1c1ccccc1. The normalized spacial score (nSPS) is 23.2. The van der Waals surface area contributed by atoms with Gasteiger partial charge in [0.1, 0.15) is 5.75 Å². The van der Waals surface area contributed by atoms with Crippen LogP contribution < -0.4 is 10.5 Å². The van der Waals surface area contributed by atoms with Gasteiger partial charge in [0, 0.05) is 42.0 Å². The van der Waals surface area contributed by atoms with Crippen LogP contribution in [0.2, 0.25) is 0 Å². The molecule has 2 N–H and O–H groups in total. The molecular formula is C20H23BrN2O. The molecule has 0 aromatic heterocycles. The molecule has 2 aromatic rings. The maximum absolute atomic E-state index is 6.07. The fraction of sp³-hybridized carbons (Fsp3) is 0.400. The minimum atomic E-state index is 0.522. The number of fused-ring (bicyclic) bond motifs is 1. The topological polar surface area (TPSA) is 38.5 Å². The van der Waals surface area contributed by atoms with Gasteiger partial charge in [-0.1, -0.05) is 46.3 Å². The van der Waals surface area contributed by atoms with E-state index in [0.717, 1.165) is 49.4 Å². The first-order valence-corrected chi connectivity index (χ1v) is 9.45. The summed E-state index contributed by atoms with van der Waals surface area (Å²) in [5.74, 6) is 2.15. The Balaban J connectivity index is 1.54. The van der Waals surface area contributed by atoms with Crippen LogP contribution in [0.3, 0.4) is 0 Å². The maximum atomic E-state index is 6.07. The van der Waals surface area contributed by atoms with E-state index in [1.807, 2.05) is 0 Å². The molecule has 2 aromatic carbocycles. The average Bonchev–Trinajstić information content (AvgIpc) is 3.22. The molecule has 2 aliphatic heterocycles. The first-order valence-electron chi connectivity index (χ1n) is 8.66. The summed E-state index contributed by atoms with van der Waals surface area (Å²) in [6, 6.07) is 15.2. The summed E-state index contributed by atoms with van der Waals surface area (Å²) in [6.07, 6.45) is 1.01. The van der Waals surface area contributed by atoms with Crippen molar-refractivity contribution < 1.29 is 4.74 Å². The van der Waals surface area contributed by atoms with Crippen LogP contribution in [0.1, 0.15) is 22.6 Å². The molecule has 2 atom stereocenters. The van der Waals surface area contributed by atoms with E-state index in [0.29, 0.717) is 11.8 Å². The molecule has 0 aliphatic carbocycles. The molecular weight excluding hydrogens is 364 g/mol. The lowest BCUT2D eigenvalue weighted by Gasteiger charge is -2.18. The van der Waals surface area contributed by atoms with Crippen molar-refractivity contribution in [3.05, 3.63) is 63.6 Å². The first kappa shape index (κ1) is 16.1. The molecule has 2 aliphatic rings. The van der Waals surface area contributed by atoms with Crippen molar-refractivity contribution in [2.24, 2.45) is 11.7 Å². The molecule has 1 saturated heterocycles. The minimum Gasteiger partial charge on any atom is -0.493 e. The van der Waals surface area contributed by atoms with Gasteiger partial charge in [-0.25, -0.2) is 0 Å². The van der Waals surface area contributed by atoms with Gasteiger partial charge >= 0.3 is 0 Å². The van der Waals surface area contributed by atoms with Crippen LogP contribution in [0, 0.1) is 5.92 Å². The van der Waals surface area contributed by atoms with E-state index in [1.54, 1.807) is 0 Å². The summed E-state index contributed by atoms with van der Waals surface area (Å²) in [6.45, 7) is 4.59. The summed E-state index contributed by atoms with van der Waals surface area (Å²) in [5, 5.41) is 0. The fourth-order valence-corrected chi connectivity index (χ4v) is 4.66. The highest BCUT2D eigenvalue weighted by Crippen LogP contribution is 2.37. The molecule has 0 spiro atoms. The number of likely N-dealkylation sites (tertiary alicyclic amines) is 1. The van der Waals surface area contributed by atoms with Crippen LogP contribution in [-0.2, 0) is 13.0 Å². The van der Waals surface area contributed by atoms with Gasteiger partial charge in [0.25, 0.3) is 0 Å². The van der Waals surface area contributed by atoms with Crippen molar-refractivity contribution in [3.8, 4) is 5.75 Å². The molecule has 2 heterocycles. The average molecular weight is 387 g/mol. The monoisotopic (exact) mass is 386 g/mol. The fourth-order valence-electron chi connectivity index (χ4n) is 4.11. The van der Waals surface area contributed by atoms with E-state index in [1.165, 1.54) is 16.7 Å². The van der Waals surface area contributed by atoms with Gasteiger partial charge in [0.15, 0.2) is 0 Å². The van der Waals surface area contributed by atoms with Crippen molar-refractivity contribution in [2.45, 2.75) is 18.9 Å². The third kappa shape index (κ3) is 3.10. The van der Waals surface area contributed by atoms with E-state index in [2.05, 4.69) is 63.3 Å². The van der Waals surface area contributed by atoms with E-state index in [9.17, 15) is 0 Å². The molecule has 0 saturated carbocycles. The summed E-state index contributed by atoms with van der Waals surface area (Å²) >= 11 is 3.65. The zero-order chi connectivity index (χ0) is 16.5. The molecule has 24 heavy (non-hydrogen) atoms. The zero-order valence-electron chi connectivity index (χ0n) is 13.7. The zero-order valence-corrected chi connectivity index (χ0v) is 15.3. The quantitative estimate of drug-likeness (QED) is 0.872. The second-order valence-corrected chi connectivity index (χ2v) is 7.77. The minimum absolute atomic E-state index is 0.522. The Labute approximate surface area is 151 Å². The predicted molar refractivity (Wildman–Crippen MR) is 100 cm³/mol. The summed E-state index contributed by atoms with van der Waals surface area (Å²) in [4.78, 5) is 2.53. The highest BCUT2D eigenvalue weighted by molar-refractivity contribution is 9.10. The van der Waals surface area contributed by atoms with Crippen LogP contribution in [-0.4, -0.2) is 31.1 Å². The number of ether oxygens (including phenoxy) is 1. The number of rotatable bonds is 4. The second kappa shape index (κ2) is 6.87. The third-order valence-corrected chi connectivity index (χ3v) is 5.72. The molecule has 3 nitrogen and oxygen atoms in total. The lowest BCUT2D eigenvalue weighted by molar-refractivity contribution is 0.303. The first-order chi connectivity index (χ1) is 11.7. The Kier molecular flexibility index (Phi) is 4.61. The van der Waals surface area contributed by atoms with E-state index < -0.39 is 0 Å². The van der Waals surface area contributed by atoms with Crippen LogP contribution in [0.25, 0.3) is 0 Å². The maximum Gasteiger partial charge on any atom is 0.127 e. The highest BCUT2D eigenvalue weighted by Gasteiger charge is 2.33. The van der Waals surface area contributed by atoms with E-state index >= 15 is 0 Å². The summed E-state index contributed by atoms with van der Waals surface area (Å²) < 4.78 is 7.04. The predicted octanol–water partition coefficient (Wildman–Crippen LogP) is 3.56. The Morgan fingerprint density at radius 1 is 1.17 bits per heavy atom. The number of hydrogen-bond acceptors (Lipinski definition) is 3. The van der Waals surface area contributed by atoms with Crippen molar-refractivity contribution >= 4 is 15.9 Å². The number of nitrogens with two attached hydrogens (primary N) is 1. The van der Waals surface area contributed by atoms with Crippen LogP contribution in [0.5, 0.6) is 5.75 Å². The van der Waals surface area contributed by atoms with Gasteiger partial charge in [-0.15, -0.1) is 0 Å². The second-order valence-electron chi connectivity index (χ2n) is 6.86. The van der Waals surface area contributed by atoms with Crippen molar-refractivity contribution in [1.29, 1.82) is 0 Å². The van der Waals surface area contributed by atoms with Crippen molar-refractivity contribution in [3.63, 3.8) is 0 Å².